The highest BCUT2D eigenvalue weighted by Gasteiger charge is 2.21. The predicted molar refractivity (Wildman–Crippen MR) is 74.6 cm³/mol. The van der Waals surface area contributed by atoms with E-state index in [4.69, 9.17) is 5.84 Å². The van der Waals surface area contributed by atoms with Gasteiger partial charge in [-0.2, -0.15) is 0 Å². The van der Waals surface area contributed by atoms with Gasteiger partial charge in [-0.3, -0.25) is 5.84 Å². The summed E-state index contributed by atoms with van der Waals surface area (Å²) < 4.78 is 0. The fraction of sp³-hybridized carbons (Fsp3) is 0.385. The fourth-order valence-electron chi connectivity index (χ4n) is 2.41. The average Bonchev–Trinajstić information content (AvgIpc) is 2.95. The topological polar surface area (TPSA) is 38.0 Å². The quantitative estimate of drug-likeness (QED) is 0.660. The van der Waals surface area contributed by atoms with Gasteiger partial charge in [0.25, 0.3) is 0 Å². The van der Waals surface area contributed by atoms with Gasteiger partial charge >= 0.3 is 0 Å². The van der Waals surface area contributed by atoms with E-state index in [-0.39, 0.29) is 6.04 Å². The maximum absolute atomic E-state index is 5.73. The molecule has 3 rings (SSSR count). The lowest BCUT2D eigenvalue weighted by Gasteiger charge is -2.12. The minimum atomic E-state index is 0.171. The van der Waals surface area contributed by atoms with Crippen molar-refractivity contribution in [3.8, 4) is 0 Å². The first kappa shape index (κ1) is 11.4. The van der Waals surface area contributed by atoms with Crippen LogP contribution in [0.25, 0.3) is 0 Å². The molecule has 0 spiro atoms. The Morgan fingerprint density at radius 3 is 2.76 bits per heavy atom. The molecule has 0 bridgehead atoms. The van der Waals surface area contributed by atoms with E-state index in [0.29, 0.717) is 0 Å². The zero-order valence-electron chi connectivity index (χ0n) is 9.82. The van der Waals surface area contributed by atoms with Crippen molar-refractivity contribution in [3.63, 3.8) is 0 Å². The third-order valence-electron chi connectivity index (χ3n) is 3.26. The molecule has 0 fully saturated rings. The Morgan fingerprint density at radius 1 is 1.24 bits per heavy atom. The molecule has 1 atom stereocenters. The van der Waals surface area contributed by atoms with Crippen LogP contribution >= 0.6 is 22.7 Å². The Bertz CT molecular complexity index is 506. The van der Waals surface area contributed by atoms with Crippen molar-refractivity contribution in [2.24, 2.45) is 5.84 Å². The second-order valence-corrected chi connectivity index (χ2v) is 6.99. The minimum absolute atomic E-state index is 0.171. The summed E-state index contributed by atoms with van der Waals surface area (Å²) in [5.41, 5.74) is 4.50. The van der Waals surface area contributed by atoms with E-state index in [1.54, 1.807) is 10.4 Å². The summed E-state index contributed by atoms with van der Waals surface area (Å²) in [7, 11) is 0. The van der Waals surface area contributed by atoms with Gasteiger partial charge in [0.1, 0.15) is 0 Å². The van der Waals surface area contributed by atoms with Crippen LogP contribution in [0.1, 0.15) is 37.5 Å². The lowest BCUT2D eigenvalue weighted by molar-refractivity contribution is 0.656. The van der Waals surface area contributed by atoms with Gasteiger partial charge in [0, 0.05) is 19.5 Å². The SMILES string of the molecule is Cc1ccc(C(NN)c2cc3c(s2)CCC3)s1. The molecule has 90 valence electrons. The van der Waals surface area contributed by atoms with Crippen LogP contribution in [-0.2, 0) is 12.8 Å². The monoisotopic (exact) mass is 264 g/mol. The number of hydrazine groups is 1. The third-order valence-corrected chi connectivity index (χ3v) is 5.63. The predicted octanol–water partition coefficient (Wildman–Crippen LogP) is 3.16. The highest BCUT2D eigenvalue weighted by Crippen LogP contribution is 2.37. The molecular weight excluding hydrogens is 248 g/mol. The second-order valence-electron chi connectivity index (χ2n) is 4.50. The zero-order chi connectivity index (χ0) is 11.8. The smallest absolute Gasteiger partial charge is 0.0894 e. The van der Waals surface area contributed by atoms with E-state index < -0.39 is 0 Å². The van der Waals surface area contributed by atoms with Crippen LogP contribution in [0.5, 0.6) is 0 Å². The number of thiophene rings is 2. The highest BCUT2D eigenvalue weighted by atomic mass is 32.1. The molecular formula is C13H16N2S2. The van der Waals surface area contributed by atoms with Crippen LogP contribution in [0.2, 0.25) is 0 Å². The van der Waals surface area contributed by atoms with Crippen molar-refractivity contribution in [2.45, 2.75) is 32.2 Å². The molecule has 1 aliphatic carbocycles. The molecule has 2 heterocycles. The molecule has 17 heavy (non-hydrogen) atoms. The summed E-state index contributed by atoms with van der Waals surface area (Å²) >= 11 is 3.74. The van der Waals surface area contributed by atoms with Crippen molar-refractivity contribution >= 4 is 22.7 Å². The van der Waals surface area contributed by atoms with E-state index in [1.807, 2.05) is 22.7 Å². The first-order valence-corrected chi connectivity index (χ1v) is 7.55. The molecule has 2 aromatic rings. The van der Waals surface area contributed by atoms with Crippen molar-refractivity contribution in [1.29, 1.82) is 0 Å². The van der Waals surface area contributed by atoms with Crippen LogP contribution in [0.15, 0.2) is 18.2 Å². The molecule has 0 saturated carbocycles. The molecule has 0 saturated heterocycles. The van der Waals surface area contributed by atoms with E-state index in [1.165, 1.54) is 33.9 Å². The third kappa shape index (κ3) is 2.06. The molecule has 2 aromatic heterocycles. The fourth-order valence-corrected chi connectivity index (χ4v) is 4.78. The number of nitrogens with two attached hydrogens (primary N) is 1. The van der Waals surface area contributed by atoms with Gasteiger partial charge in [0.2, 0.25) is 0 Å². The molecule has 1 aliphatic rings. The largest absolute Gasteiger partial charge is 0.271 e. The van der Waals surface area contributed by atoms with Crippen LogP contribution < -0.4 is 11.3 Å². The summed E-state index contributed by atoms with van der Waals surface area (Å²) in [5, 5.41) is 0. The van der Waals surface area contributed by atoms with E-state index >= 15 is 0 Å². The summed E-state index contributed by atoms with van der Waals surface area (Å²) in [5.74, 6) is 5.73. The maximum Gasteiger partial charge on any atom is 0.0894 e. The molecule has 2 nitrogen and oxygen atoms in total. The summed E-state index contributed by atoms with van der Waals surface area (Å²) in [6.07, 6.45) is 3.81. The second kappa shape index (κ2) is 4.53. The summed E-state index contributed by atoms with van der Waals surface area (Å²) in [4.78, 5) is 5.57. The Hall–Kier alpha value is -0.680. The Kier molecular flexibility index (Phi) is 3.04. The van der Waals surface area contributed by atoms with E-state index in [2.05, 4.69) is 30.5 Å². The normalized spacial score (nSPS) is 16.1. The van der Waals surface area contributed by atoms with Gasteiger partial charge in [-0.15, -0.1) is 22.7 Å². The number of hydrogen-bond donors (Lipinski definition) is 2. The Morgan fingerprint density at radius 2 is 2.12 bits per heavy atom. The lowest BCUT2D eigenvalue weighted by atomic mass is 10.1. The molecule has 1 unspecified atom stereocenters. The first-order chi connectivity index (χ1) is 8.28. The maximum atomic E-state index is 5.73. The molecule has 0 aliphatic heterocycles. The van der Waals surface area contributed by atoms with Crippen molar-refractivity contribution in [2.75, 3.05) is 0 Å². The number of fused-ring (bicyclic) bond motifs is 1. The Balaban J connectivity index is 1.94. The first-order valence-electron chi connectivity index (χ1n) is 5.92. The lowest BCUT2D eigenvalue weighted by Crippen LogP contribution is -2.27. The van der Waals surface area contributed by atoms with Crippen LogP contribution in [-0.4, -0.2) is 0 Å². The number of aryl methyl sites for hydroxylation is 3. The molecule has 0 amide bonds. The number of nitrogens with one attached hydrogen (secondary N) is 1. The highest BCUT2D eigenvalue weighted by molar-refractivity contribution is 7.13. The number of hydrogen-bond acceptors (Lipinski definition) is 4. The Labute approximate surface area is 109 Å². The van der Waals surface area contributed by atoms with Crippen molar-refractivity contribution in [3.05, 3.63) is 43.3 Å². The van der Waals surface area contributed by atoms with Gasteiger partial charge in [0.05, 0.1) is 6.04 Å². The van der Waals surface area contributed by atoms with Crippen LogP contribution in [0.3, 0.4) is 0 Å². The molecule has 3 N–H and O–H groups in total. The van der Waals surface area contributed by atoms with Gasteiger partial charge in [-0.1, -0.05) is 0 Å². The van der Waals surface area contributed by atoms with Crippen molar-refractivity contribution < 1.29 is 0 Å². The average molecular weight is 264 g/mol. The van der Waals surface area contributed by atoms with Gasteiger partial charge in [-0.25, -0.2) is 5.43 Å². The molecule has 0 aromatic carbocycles. The van der Waals surface area contributed by atoms with E-state index in [0.717, 1.165) is 0 Å². The zero-order valence-corrected chi connectivity index (χ0v) is 11.5. The molecule has 4 heteroatoms. The number of rotatable bonds is 3. The van der Waals surface area contributed by atoms with Crippen LogP contribution in [0, 0.1) is 6.92 Å². The van der Waals surface area contributed by atoms with Gasteiger partial charge in [0.15, 0.2) is 0 Å². The van der Waals surface area contributed by atoms with E-state index in [9.17, 15) is 0 Å². The molecule has 0 radical (unpaired) electrons. The van der Waals surface area contributed by atoms with Crippen molar-refractivity contribution in [1.82, 2.24) is 5.43 Å². The van der Waals surface area contributed by atoms with Crippen LogP contribution in [0.4, 0.5) is 0 Å². The van der Waals surface area contributed by atoms with Gasteiger partial charge in [-0.05, 0) is 49.9 Å². The summed E-state index contributed by atoms with van der Waals surface area (Å²) in [6, 6.07) is 6.84. The standard InChI is InChI=1S/C13H16N2S2/c1-8-5-6-11(16-8)13(15-14)12-7-9-3-2-4-10(9)17-12/h5-7,13,15H,2-4,14H2,1H3. The van der Waals surface area contributed by atoms with Gasteiger partial charge < -0.3 is 0 Å². The minimum Gasteiger partial charge on any atom is -0.271 e. The summed E-state index contributed by atoms with van der Waals surface area (Å²) in [6.45, 7) is 2.14.